The molecule has 0 N–H and O–H groups in total. The highest BCUT2D eigenvalue weighted by molar-refractivity contribution is 9.10. The Kier molecular flexibility index (Phi) is 8.36. The predicted molar refractivity (Wildman–Crippen MR) is 144 cm³/mol. The number of benzene rings is 3. The third kappa shape index (κ3) is 5.93. The van der Waals surface area contributed by atoms with Gasteiger partial charge in [0.1, 0.15) is 6.61 Å². The van der Waals surface area contributed by atoms with Gasteiger partial charge in [-0.25, -0.2) is 0 Å². The zero-order chi connectivity index (χ0) is 25.7. The van der Waals surface area contributed by atoms with Crippen molar-refractivity contribution < 1.29 is 19.1 Å². The fourth-order valence-corrected chi connectivity index (χ4v) is 4.90. The Hall–Kier alpha value is -3.25. The average Bonchev–Trinajstić information content (AvgIpc) is 3.13. The van der Waals surface area contributed by atoms with E-state index in [-0.39, 0.29) is 24.3 Å². The van der Waals surface area contributed by atoms with Gasteiger partial charge in [-0.15, -0.1) is 0 Å². The van der Waals surface area contributed by atoms with E-state index in [4.69, 9.17) is 21.1 Å². The summed E-state index contributed by atoms with van der Waals surface area (Å²) in [5.74, 6) is 0.615. The molecule has 6 nitrogen and oxygen atoms in total. The van der Waals surface area contributed by atoms with Gasteiger partial charge in [-0.2, -0.15) is 5.26 Å². The van der Waals surface area contributed by atoms with Crippen molar-refractivity contribution in [3.8, 4) is 17.6 Å². The van der Waals surface area contributed by atoms with E-state index < -0.39 is 0 Å². The summed E-state index contributed by atoms with van der Waals surface area (Å²) in [6, 6.07) is 19.9. The average molecular weight is 584 g/mol. The predicted octanol–water partition coefficient (Wildman–Crippen LogP) is 7.19. The molecule has 0 atom stereocenters. The number of imide groups is 1. The molecule has 2 amide bonds. The molecule has 4 rings (SSSR count). The molecule has 9 heteroatoms. The molecule has 3 aromatic carbocycles. The van der Waals surface area contributed by atoms with Crippen LogP contribution in [-0.2, 0) is 17.9 Å². The maximum absolute atomic E-state index is 13.0. The molecule has 1 heterocycles. The zero-order valence-electron chi connectivity index (χ0n) is 19.2. The minimum absolute atomic E-state index is 0.168. The molecule has 1 saturated heterocycles. The molecular formula is C27H20BrClN2O4S. The number of hydrogen-bond acceptors (Lipinski definition) is 6. The van der Waals surface area contributed by atoms with Crippen LogP contribution in [0.3, 0.4) is 0 Å². The molecule has 0 unspecified atom stereocenters. The number of nitrogens with zero attached hydrogens (tertiary/aromatic N) is 2. The minimum atomic E-state index is -0.363. The van der Waals surface area contributed by atoms with Crippen molar-refractivity contribution in [1.29, 1.82) is 5.26 Å². The van der Waals surface area contributed by atoms with Crippen LogP contribution < -0.4 is 9.47 Å². The van der Waals surface area contributed by atoms with Crippen molar-refractivity contribution in [3.05, 3.63) is 97.3 Å². The standard InChI is InChI=1S/C27H20BrClN2O4S/c1-2-34-23-11-20(22(28)13-24(23)35-16-19-6-4-3-5-18(19)14-30)12-25-26(32)31(27(33)36-25)15-17-7-9-21(29)10-8-17/h3-13H,2,15-16H2,1H3/b25-12-. The van der Waals surface area contributed by atoms with Crippen molar-refractivity contribution in [2.24, 2.45) is 0 Å². The maximum Gasteiger partial charge on any atom is 0.293 e. The Bertz CT molecular complexity index is 1390. The number of halogens is 2. The van der Waals surface area contributed by atoms with Gasteiger partial charge in [0.2, 0.25) is 0 Å². The molecule has 3 aromatic rings. The Morgan fingerprint density at radius 1 is 1.08 bits per heavy atom. The lowest BCUT2D eigenvalue weighted by Gasteiger charge is -2.15. The summed E-state index contributed by atoms with van der Waals surface area (Å²) in [7, 11) is 0. The van der Waals surface area contributed by atoms with E-state index in [2.05, 4.69) is 22.0 Å². The summed E-state index contributed by atoms with van der Waals surface area (Å²) in [6.45, 7) is 2.63. The number of nitriles is 1. The van der Waals surface area contributed by atoms with E-state index in [1.807, 2.05) is 19.1 Å². The van der Waals surface area contributed by atoms with Gasteiger partial charge in [0, 0.05) is 15.1 Å². The van der Waals surface area contributed by atoms with Crippen molar-refractivity contribution in [2.45, 2.75) is 20.1 Å². The lowest BCUT2D eigenvalue weighted by Crippen LogP contribution is -2.27. The molecule has 0 saturated carbocycles. The smallest absolute Gasteiger partial charge is 0.293 e. The molecule has 36 heavy (non-hydrogen) atoms. The summed E-state index contributed by atoms with van der Waals surface area (Å²) in [5, 5.41) is 9.57. The Morgan fingerprint density at radius 2 is 1.81 bits per heavy atom. The van der Waals surface area contributed by atoms with E-state index in [0.29, 0.717) is 43.6 Å². The van der Waals surface area contributed by atoms with Gasteiger partial charge in [0.15, 0.2) is 11.5 Å². The quantitative estimate of drug-likeness (QED) is 0.261. The van der Waals surface area contributed by atoms with Crippen molar-refractivity contribution in [3.63, 3.8) is 0 Å². The van der Waals surface area contributed by atoms with Gasteiger partial charge in [-0.3, -0.25) is 14.5 Å². The van der Waals surface area contributed by atoms with Crippen LogP contribution in [0.4, 0.5) is 4.79 Å². The highest BCUT2D eigenvalue weighted by Crippen LogP contribution is 2.39. The largest absolute Gasteiger partial charge is 0.490 e. The first-order valence-corrected chi connectivity index (χ1v) is 12.9. The van der Waals surface area contributed by atoms with Crippen LogP contribution in [0.25, 0.3) is 6.08 Å². The minimum Gasteiger partial charge on any atom is -0.490 e. The molecule has 182 valence electrons. The second-order valence-electron chi connectivity index (χ2n) is 7.71. The molecule has 1 aliphatic heterocycles. The summed E-state index contributed by atoms with van der Waals surface area (Å²) in [5.41, 5.74) is 2.78. The first-order valence-electron chi connectivity index (χ1n) is 11.0. The number of ether oxygens (including phenoxy) is 2. The number of thioether (sulfide) groups is 1. The van der Waals surface area contributed by atoms with Gasteiger partial charge in [-0.1, -0.05) is 57.9 Å². The summed E-state index contributed by atoms with van der Waals surface area (Å²) in [6.07, 6.45) is 1.66. The second-order valence-corrected chi connectivity index (χ2v) is 9.99. The van der Waals surface area contributed by atoms with Gasteiger partial charge >= 0.3 is 0 Å². The highest BCUT2D eigenvalue weighted by Gasteiger charge is 2.35. The van der Waals surface area contributed by atoms with Crippen LogP contribution in [0, 0.1) is 11.3 Å². The van der Waals surface area contributed by atoms with Gasteiger partial charge in [0.05, 0.1) is 29.7 Å². The van der Waals surface area contributed by atoms with Crippen molar-refractivity contribution >= 4 is 56.5 Å². The molecule has 0 radical (unpaired) electrons. The van der Waals surface area contributed by atoms with Crippen LogP contribution >= 0.6 is 39.3 Å². The third-order valence-corrected chi connectivity index (χ3v) is 7.14. The normalized spacial score (nSPS) is 14.3. The lowest BCUT2D eigenvalue weighted by molar-refractivity contribution is -0.123. The fraction of sp³-hybridized carbons (Fsp3) is 0.148. The Balaban J connectivity index is 1.56. The van der Waals surface area contributed by atoms with Crippen LogP contribution in [0.1, 0.15) is 29.2 Å². The second kappa shape index (κ2) is 11.7. The number of amides is 2. The number of hydrogen-bond donors (Lipinski definition) is 0. The van der Waals surface area contributed by atoms with Gasteiger partial charge in [0.25, 0.3) is 11.1 Å². The van der Waals surface area contributed by atoms with Crippen LogP contribution in [0.15, 0.2) is 70.0 Å². The summed E-state index contributed by atoms with van der Waals surface area (Å²) >= 11 is 10.4. The van der Waals surface area contributed by atoms with Gasteiger partial charge in [-0.05, 0) is 66.2 Å². The van der Waals surface area contributed by atoms with Crippen LogP contribution in [0.5, 0.6) is 11.5 Å². The number of rotatable bonds is 8. The SMILES string of the molecule is CCOc1cc(/C=C2\SC(=O)N(Cc3ccc(Cl)cc3)C2=O)c(Br)cc1OCc1ccccc1C#N. The first kappa shape index (κ1) is 25.8. The Labute approximate surface area is 226 Å². The van der Waals surface area contributed by atoms with Crippen molar-refractivity contribution in [2.75, 3.05) is 6.61 Å². The summed E-state index contributed by atoms with van der Waals surface area (Å²) in [4.78, 5) is 27.1. The van der Waals surface area contributed by atoms with E-state index in [0.717, 1.165) is 22.9 Å². The lowest BCUT2D eigenvalue weighted by atomic mass is 10.1. The molecule has 0 aromatic heterocycles. The topological polar surface area (TPSA) is 79.6 Å². The third-order valence-electron chi connectivity index (χ3n) is 5.30. The van der Waals surface area contributed by atoms with Crippen LogP contribution in [-0.4, -0.2) is 22.7 Å². The fourth-order valence-electron chi connectivity index (χ4n) is 3.50. The number of carbonyl (C=O) groups is 2. The zero-order valence-corrected chi connectivity index (χ0v) is 22.3. The molecule has 1 aliphatic rings. The molecule has 1 fully saturated rings. The van der Waals surface area contributed by atoms with Gasteiger partial charge < -0.3 is 9.47 Å². The van der Waals surface area contributed by atoms with E-state index in [1.54, 1.807) is 54.6 Å². The maximum atomic E-state index is 13.0. The monoisotopic (exact) mass is 582 g/mol. The molecule has 0 spiro atoms. The molecular weight excluding hydrogens is 564 g/mol. The van der Waals surface area contributed by atoms with Crippen LogP contribution in [0.2, 0.25) is 5.02 Å². The Morgan fingerprint density at radius 3 is 2.53 bits per heavy atom. The molecule has 0 bridgehead atoms. The van der Waals surface area contributed by atoms with E-state index in [1.165, 1.54) is 4.90 Å². The van der Waals surface area contributed by atoms with E-state index in [9.17, 15) is 14.9 Å². The van der Waals surface area contributed by atoms with E-state index >= 15 is 0 Å². The summed E-state index contributed by atoms with van der Waals surface area (Å²) < 4.78 is 12.4. The van der Waals surface area contributed by atoms with Crippen molar-refractivity contribution in [1.82, 2.24) is 4.90 Å². The molecule has 0 aliphatic carbocycles. The first-order chi connectivity index (χ1) is 17.4. The number of carbonyl (C=O) groups excluding carboxylic acids is 2. The highest BCUT2D eigenvalue weighted by atomic mass is 79.9.